The molecule has 6 heteroatoms. The Kier molecular flexibility index (Phi) is 3.65. The topological polar surface area (TPSA) is 68.0 Å². The van der Waals surface area contributed by atoms with Gasteiger partial charge in [0.05, 0.1) is 12.2 Å². The van der Waals surface area contributed by atoms with Crippen LogP contribution < -0.4 is 11.1 Å². The molecule has 0 fully saturated rings. The van der Waals surface area contributed by atoms with E-state index in [1.54, 1.807) is 12.3 Å². The molecule has 0 aliphatic carbocycles. The van der Waals surface area contributed by atoms with Crippen molar-refractivity contribution in [2.24, 2.45) is 5.73 Å². The Bertz CT molecular complexity index is 332. The Balaban J connectivity index is 2.87. The van der Waals surface area contributed by atoms with Gasteiger partial charge in [0, 0.05) is 10.7 Å². The third-order valence-electron chi connectivity index (χ3n) is 1.27. The Hall–Kier alpha value is -0.650. The number of hydrogen-bond donors (Lipinski definition) is 2. The van der Waals surface area contributed by atoms with E-state index in [2.05, 4.69) is 26.2 Å². The van der Waals surface area contributed by atoms with Crippen molar-refractivity contribution in [2.45, 2.75) is 0 Å². The highest BCUT2D eigenvalue weighted by atomic mass is 79.9. The summed E-state index contributed by atoms with van der Waals surface area (Å²) in [6.07, 6.45) is 1.54. The van der Waals surface area contributed by atoms with Crippen molar-refractivity contribution in [3.8, 4) is 0 Å². The number of hydrogen-bond acceptors (Lipinski definition) is 3. The molecular formula is C7H7BrClN3O. The number of nitrogens with two attached hydrogens (primary N) is 1. The molecule has 0 aliphatic heterocycles. The lowest BCUT2D eigenvalue weighted by Gasteiger charge is -2.04. The normalized spacial score (nSPS) is 9.77. The minimum Gasteiger partial charge on any atom is -0.322 e. The molecule has 70 valence electrons. The molecule has 0 atom stereocenters. The molecule has 1 amide bonds. The maximum atomic E-state index is 10.9. The second kappa shape index (κ2) is 4.55. The van der Waals surface area contributed by atoms with Crippen LogP contribution in [-0.2, 0) is 4.79 Å². The van der Waals surface area contributed by atoms with Gasteiger partial charge in [0.2, 0.25) is 5.91 Å². The Morgan fingerprint density at radius 2 is 2.46 bits per heavy atom. The fraction of sp³-hybridized carbons (Fsp3) is 0.143. The van der Waals surface area contributed by atoms with Crippen LogP contribution in [0, 0.1) is 0 Å². The molecule has 1 rings (SSSR count). The van der Waals surface area contributed by atoms with Crippen LogP contribution in [0.15, 0.2) is 16.7 Å². The third-order valence-corrected chi connectivity index (χ3v) is 2.00. The first-order chi connectivity index (χ1) is 6.13. The summed E-state index contributed by atoms with van der Waals surface area (Å²) >= 11 is 8.91. The summed E-state index contributed by atoms with van der Waals surface area (Å²) in [5.41, 5.74) is 5.57. The van der Waals surface area contributed by atoms with Gasteiger partial charge in [-0.3, -0.25) is 4.79 Å². The minimum atomic E-state index is -0.304. The second-order valence-electron chi connectivity index (χ2n) is 2.24. The molecule has 3 N–H and O–H groups in total. The maximum absolute atomic E-state index is 10.9. The minimum absolute atomic E-state index is 0.0805. The summed E-state index contributed by atoms with van der Waals surface area (Å²) in [5, 5.41) is 2.75. The van der Waals surface area contributed by atoms with Crippen molar-refractivity contribution in [2.75, 3.05) is 11.9 Å². The van der Waals surface area contributed by atoms with E-state index in [0.29, 0.717) is 5.69 Å². The quantitative estimate of drug-likeness (QED) is 0.793. The predicted molar refractivity (Wildman–Crippen MR) is 54.6 cm³/mol. The van der Waals surface area contributed by atoms with Crippen molar-refractivity contribution in [3.63, 3.8) is 0 Å². The van der Waals surface area contributed by atoms with E-state index in [1.807, 2.05) is 0 Å². The van der Waals surface area contributed by atoms with Crippen LogP contribution in [0.5, 0.6) is 0 Å². The van der Waals surface area contributed by atoms with Gasteiger partial charge in [0.1, 0.15) is 0 Å². The summed E-state index contributed by atoms with van der Waals surface area (Å²) < 4.78 is 0.740. The molecule has 0 radical (unpaired) electrons. The number of rotatable bonds is 2. The van der Waals surface area contributed by atoms with Crippen LogP contribution >= 0.6 is 27.5 Å². The van der Waals surface area contributed by atoms with Crippen LogP contribution in [0.4, 0.5) is 5.69 Å². The van der Waals surface area contributed by atoms with Gasteiger partial charge in [0.15, 0.2) is 5.15 Å². The molecule has 0 saturated carbocycles. The third kappa shape index (κ3) is 2.95. The molecule has 0 unspecified atom stereocenters. The summed E-state index contributed by atoms with van der Waals surface area (Å²) in [7, 11) is 0. The Labute approximate surface area is 88.6 Å². The number of amides is 1. The van der Waals surface area contributed by atoms with Gasteiger partial charge in [-0.1, -0.05) is 11.6 Å². The highest BCUT2D eigenvalue weighted by Crippen LogP contribution is 2.22. The van der Waals surface area contributed by atoms with E-state index >= 15 is 0 Å². The smallest absolute Gasteiger partial charge is 0.238 e. The molecule has 0 aliphatic rings. The molecule has 1 heterocycles. The molecule has 4 nitrogen and oxygen atoms in total. The summed E-state index contributed by atoms with van der Waals surface area (Å²) in [4.78, 5) is 14.7. The van der Waals surface area contributed by atoms with Gasteiger partial charge in [0.25, 0.3) is 0 Å². The molecule has 0 spiro atoms. The Morgan fingerprint density at radius 1 is 1.77 bits per heavy atom. The highest BCUT2D eigenvalue weighted by Gasteiger charge is 2.05. The molecule has 13 heavy (non-hydrogen) atoms. The number of pyridine rings is 1. The van der Waals surface area contributed by atoms with E-state index in [9.17, 15) is 4.79 Å². The van der Waals surface area contributed by atoms with Crippen molar-refractivity contribution in [1.82, 2.24) is 4.98 Å². The van der Waals surface area contributed by atoms with Gasteiger partial charge in [-0.05, 0) is 22.0 Å². The number of nitrogens with zero attached hydrogens (tertiary/aromatic N) is 1. The predicted octanol–water partition coefficient (Wildman–Crippen LogP) is 1.39. The highest BCUT2D eigenvalue weighted by molar-refractivity contribution is 9.10. The zero-order valence-corrected chi connectivity index (χ0v) is 8.89. The molecule has 0 saturated heterocycles. The maximum Gasteiger partial charge on any atom is 0.238 e. The molecular weight excluding hydrogens is 257 g/mol. The fourth-order valence-corrected chi connectivity index (χ4v) is 1.19. The summed E-state index contributed by atoms with van der Waals surface area (Å²) in [6.45, 7) is -0.0805. The average molecular weight is 265 g/mol. The van der Waals surface area contributed by atoms with E-state index in [0.717, 1.165) is 4.47 Å². The monoisotopic (exact) mass is 263 g/mol. The fourth-order valence-electron chi connectivity index (χ4n) is 0.711. The Morgan fingerprint density at radius 3 is 3.08 bits per heavy atom. The number of anilines is 1. The number of carbonyl (C=O) groups excluding carboxylic acids is 1. The molecule has 1 aromatic rings. The first kappa shape index (κ1) is 10.4. The van der Waals surface area contributed by atoms with Crippen molar-refractivity contribution >= 4 is 39.1 Å². The first-order valence-electron chi connectivity index (χ1n) is 3.44. The van der Waals surface area contributed by atoms with Crippen molar-refractivity contribution < 1.29 is 4.79 Å². The second-order valence-corrected chi connectivity index (χ2v) is 3.52. The van der Waals surface area contributed by atoms with Gasteiger partial charge in [-0.25, -0.2) is 4.98 Å². The molecule has 1 aromatic heterocycles. The van der Waals surface area contributed by atoms with E-state index < -0.39 is 0 Å². The van der Waals surface area contributed by atoms with Crippen LogP contribution in [0.3, 0.4) is 0 Å². The van der Waals surface area contributed by atoms with E-state index in [1.165, 1.54) is 0 Å². The zero-order chi connectivity index (χ0) is 9.84. The van der Waals surface area contributed by atoms with Crippen LogP contribution in [0.2, 0.25) is 5.15 Å². The lowest BCUT2D eigenvalue weighted by atomic mass is 10.4. The van der Waals surface area contributed by atoms with Gasteiger partial charge < -0.3 is 11.1 Å². The SMILES string of the molecule is NCC(=O)Nc1cc(Br)cnc1Cl. The van der Waals surface area contributed by atoms with Crippen LogP contribution in [0.25, 0.3) is 0 Å². The number of halogens is 2. The van der Waals surface area contributed by atoms with E-state index in [4.69, 9.17) is 17.3 Å². The molecule has 0 aromatic carbocycles. The zero-order valence-electron chi connectivity index (χ0n) is 6.55. The number of carbonyl (C=O) groups is 1. The largest absolute Gasteiger partial charge is 0.322 e. The van der Waals surface area contributed by atoms with Crippen LogP contribution in [0.1, 0.15) is 0 Å². The average Bonchev–Trinajstić information content (AvgIpc) is 2.11. The lowest BCUT2D eigenvalue weighted by Crippen LogP contribution is -2.22. The van der Waals surface area contributed by atoms with Crippen molar-refractivity contribution in [3.05, 3.63) is 21.9 Å². The van der Waals surface area contributed by atoms with Gasteiger partial charge >= 0.3 is 0 Å². The lowest BCUT2D eigenvalue weighted by molar-refractivity contribution is -0.114. The van der Waals surface area contributed by atoms with Crippen molar-refractivity contribution in [1.29, 1.82) is 0 Å². The van der Waals surface area contributed by atoms with E-state index in [-0.39, 0.29) is 17.6 Å². The molecule has 0 bridgehead atoms. The summed E-state index contributed by atoms with van der Waals surface area (Å²) in [6, 6.07) is 1.66. The standard InChI is InChI=1S/C7H7BrClN3O/c8-4-1-5(7(9)11-3-4)12-6(13)2-10/h1,3H,2,10H2,(H,12,13). The van der Waals surface area contributed by atoms with Gasteiger partial charge in [-0.15, -0.1) is 0 Å². The summed E-state index contributed by atoms with van der Waals surface area (Å²) in [5.74, 6) is -0.304. The first-order valence-corrected chi connectivity index (χ1v) is 4.61. The number of nitrogens with one attached hydrogen (secondary N) is 1. The van der Waals surface area contributed by atoms with Crippen LogP contribution in [-0.4, -0.2) is 17.4 Å². The number of aromatic nitrogens is 1. The van der Waals surface area contributed by atoms with Gasteiger partial charge in [-0.2, -0.15) is 0 Å².